The highest BCUT2D eigenvalue weighted by Crippen LogP contribution is 2.30. The average molecular weight is 329 g/mol. The lowest BCUT2D eigenvalue weighted by Crippen LogP contribution is -2.35. The summed E-state index contributed by atoms with van der Waals surface area (Å²) in [5, 5.41) is 3.65. The summed E-state index contributed by atoms with van der Waals surface area (Å²) in [5.41, 5.74) is 3.32. The summed E-state index contributed by atoms with van der Waals surface area (Å²) in [7, 11) is 0. The van der Waals surface area contributed by atoms with Gasteiger partial charge in [-0.15, -0.1) is 0 Å². The van der Waals surface area contributed by atoms with Crippen LogP contribution in [0.1, 0.15) is 17.5 Å². The van der Waals surface area contributed by atoms with Crippen molar-refractivity contribution in [3.63, 3.8) is 0 Å². The van der Waals surface area contributed by atoms with Crippen LogP contribution in [0.3, 0.4) is 0 Å². The summed E-state index contributed by atoms with van der Waals surface area (Å²) in [5.74, 6) is -0.465. The topological polar surface area (TPSA) is 49.4 Å². The van der Waals surface area contributed by atoms with Gasteiger partial charge < -0.3 is 5.32 Å². The predicted octanol–water partition coefficient (Wildman–Crippen LogP) is 3.70. The van der Waals surface area contributed by atoms with Gasteiger partial charge in [-0.1, -0.05) is 29.8 Å². The van der Waals surface area contributed by atoms with Crippen molar-refractivity contribution < 1.29 is 9.59 Å². The van der Waals surface area contributed by atoms with Gasteiger partial charge in [0.15, 0.2) is 0 Å². The fourth-order valence-electron chi connectivity index (χ4n) is 2.76. The second-order valence-electron chi connectivity index (χ2n) is 5.77. The van der Waals surface area contributed by atoms with Crippen LogP contribution in [0.2, 0.25) is 5.02 Å². The molecule has 2 amide bonds. The van der Waals surface area contributed by atoms with Gasteiger partial charge in [-0.05, 0) is 49.2 Å². The van der Waals surface area contributed by atoms with Crippen molar-refractivity contribution in [1.82, 2.24) is 0 Å². The molecule has 23 heavy (non-hydrogen) atoms. The fourth-order valence-corrected chi connectivity index (χ4v) is 2.92. The molecule has 2 aromatic carbocycles. The van der Waals surface area contributed by atoms with E-state index in [1.807, 2.05) is 38.1 Å². The summed E-state index contributed by atoms with van der Waals surface area (Å²) in [6.45, 7) is 3.84. The van der Waals surface area contributed by atoms with Gasteiger partial charge in [0, 0.05) is 10.7 Å². The molecule has 2 aromatic rings. The van der Waals surface area contributed by atoms with Gasteiger partial charge in [0.2, 0.25) is 5.91 Å². The van der Waals surface area contributed by atoms with Gasteiger partial charge in [0.25, 0.3) is 5.91 Å². The molecule has 0 unspecified atom stereocenters. The number of rotatable bonds is 3. The number of aryl methyl sites for hydroxylation is 2. The molecule has 3 rings (SSSR count). The molecule has 1 fully saturated rings. The van der Waals surface area contributed by atoms with E-state index in [-0.39, 0.29) is 18.2 Å². The van der Waals surface area contributed by atoms with Crippen LogP contribution in [0.25, 0.3) is 0 Å². The van der Waals surface area contributed by atoms with Gasteiger partial charge >= 0.3 is 0 Å². The van der Waals surface area contributed by atoms with Crippen LogP contribution < -0.4 is 10.2 Å². The first-order chi connectivity index (χ1) is 11.0. The average Bonchev–Trinajstić information content (AvgIpc) is 2.76. The molecule has 118 valence electrons. The number of halogens is 1. The third-order valence-corrected chi connectivity index (χ3v) is 4.15. The van der Waals surface area contributed by atoms with E-state index in [2.05, 4.69) is 5.32 Å². The van der Waals surface area contributed by atoms with Gasteiger partial charge in [-0.3, -0.25) is 9.59 Å². The van der Waals surface area contributed by atoms with E-state index in [1.54, 1.807) is 18.2 Å². The second kappa shape index (κ2) is 6.05. The highest BCUT2D eigenvalue weighted by atomic mass is 35.5. The van der Waals surface area contributed by atoms with Gasteiger partial charge in [-0.25, -0.2) is 4.90 Å². The Morgan fingerprint density at radius 3 is 2.65 bits per heavy atom. The molecule has 1 atom stereocenters. The van der Waals surface area contributed by atoms with Crippen LogP contribution in [-0.4, -0.2) is 17.9 Å². The predicted molar refractivity (Wildman–Crippen MR) is 91.9 cm³/mol. The normalized spacial score (nSPS) is 17.7. The number of amides is 2. The van der Waals surface area contributed by atoms with E-state index in [4.69, 9.17) is 11.6 Å². The minimum Gasteiger partial charge on any atom is -0.373 e. The van der Waals surface area contributed by atoms with Crippen LogP contribution in [0, 0.1) is 13.8 Å². The Morgan fingerprint density at radius 1 is 1.13 bits per heavy atom. The molecule has 5 heteroatoms. The number of nitrogens with one attached hydrogen (secondary N) is 1. The van der Waals surface area contributed by atoms with E-state index in [9.17, 15) is 9.59 Å². The first kappa shape index (κ1) is 15.6. The third kappa shape index (κ3) is 3.08. The van der Waals surface area contributed by atoms with Gasteiger partial charge in [-0.2, -0.15) is 0 Å². The van der Waals surface area contributed by atoms with E-state index in [0.29, 0.717) is 10.7 Å². The fraction of sp³-hybridized carbons (Fsp3) is 0.222. The van der Waals surface area contributed by atoms with Crippen LogP contribution in [0.4, 0.5) is 11.4 Å². The molecule has 1 heterocycles. The maximum Gasteiger partial charge on any atom is 0.256 e. The quantitative estimate of drug-likeness (QED) is 0.874. The lowest BCUT2D eigenvalue weighted by molar-refractivity contribution is -0.121. The minimum atomic E-state index is -0.553. The standard InChI is InChI=1S/C18H17ClN2O2/c1-11-4-3-5-14(8-11)20-15-10-17(22)21(18(15)23)16-9-13(19)7-6-12(16)2/h3-9,15,20H,10H2,1-2H3/t15-/m0/s1. The Bertz CT molecular complexity index is 788. The zero-order valence-electron chi connectivity index (χ0n) is 13.0. The van der Waals surface area contributed by atoms with E-state index < -0.39 is 6.04 Å². The molecule has 0 spiro atoms. The van der Waals surface area contributed by atoms with Gasteiger partial charge in [0.05, 0.1) is 12.1 Å². The zero-order valence-corrected chi connectivity index (χ0v) is 13.7. The molecule has 0 bridgehead atoms. The number of benzene rings is 2. The molecule has 0 radical (unpaired) electrons. The molecule has 1 aliphatic rings. The molecule has 0 saturated carbocycles. The van der Waals surface area contributed by atoms with Crippen molar-refractivity contribution in [2.45, 2.75) is 26.3 Å². The number of carbonyl (C=O) groups is 2. The van der Waals surface area contributed by atoms with Crippen molar-refractivity contribution in [2.24, 2.45) is 0 Å². The Labute approximate surface area is 140 Å². The van der Waals surface area contributed by atoms with Crippen LogP contribution in [0.5, 0.6) is 0 Å². The molecular weight excluding hydrogens is 312 g/mol. The summed E-state index contributed by atoms with van der Waals surface area (Å²) in [6.07, 6.45) is 0.138. The lowest BCUT2D eigenvalue weighted by atomic mass is 10.2. The smallest absolute Gasteiger partial charge is 0.256 e. The largest absolute Gasteiger partial charge is 0.373 e. The Balaban J connectivity index is 1.87. The number of nitrogens with zero attached hydrogens (tertiary/aromatic N) is 1. The molecule has 0 aromatic heterocycles. The second-order valence-corrected chi connectivity index (χ2v) is 6.21. The van der Waals surface area contributed by atoms with E-state index >= 15 is 0 Å². The lowest BCUT2D eigenvalue weighted by Gasteiger charge is -2.18. The van der Waals surface area contributed by atoms with E-state index in [0.717, 1.165) is 16.8 Å². The third-order valence-electron chi connectivity index (χ3n) is 3.92. The summed E-state index contributed by atoms with van der Waals surface area (Å²) < 4.78 is 0. The number of hydrogen-bond donors (Lipinski definition) is 1. The van der Waals surface area contributed by atoms with Crippen LogP contribution >= 0.6 is 11.6 Å². The number of carbonyl (C=O) groups excluding carboxylic acids is 2. The summed E-state index contributed by atoms with van der Waals surface area (Å²) >= 11 is 6.01. The first-order valence-electron chi connectivity index (χ1n) is 7.42. The molecule has 1 N–H and O–H groups in total. The van der Waals surface area contributed by atoms with Crippen molar-refractivity contribution in [2.75, 3.05) is 10.2 Å². The Morgan fingerprint density at radius 2 is 1.91 bits per heavy atom. The summed E-state index contributed by atoms with van der Waals surface area (Å²) in [4.78, 5) is 26.2. The van der Waals surface area contributed by atoms with Crippen molar-refractivity contribution in [3.05, 3.63) is 58.6 Å². The Kier molecular flexibility index (Phi) is 4.09. The van der Waals surface area contributed by atoms with Gasteiger partial charge in [0.1, 0.15) is 6.04 Å². The van der Waals surface area contributed by atoms with Crippen LogP contribution in [0.15, 0.2) is 42.5 Å². The van der Waals surface area contributed by atoms with E-state index in [1.165, 1.54) is 4.90 Å². The zero-order chi connectivity index (χ0) is 16.6. The van der Waals surface area contributed by atoms with Crippen molar-refractivity contribution in [1.29, 1.82) is 0 Å². The van der Waals surface area contributed by atoms with Crippen molar-refractivity contribution >= 4 is 34.8 Å². The highest BCUT2D eigenvalue weighted by molar-refractivity contribution is 6.31. The number of imide groups is 1. The molecule has 1 aliphatic heterocycles. The minimum absolute atomic E-state index is 0.138. The number of hydrogen-bond acceptors (Lipinski definition) is 3. The maximum absolute atomic E-state index is 12.7. The maximum atomic E-state index is 12.7. The summed E-state index contributed by atoms with van der Waals surface area (Å²) in [6, 6.07) is 12.4. The number of anilines is 2. The SMILES string of the molecule is Cc1cccc(N[C@H]2CC(=O)N(c3cc(Cl)ccc3C)C2=O)c1. The molecule has 4 nitrogen and oxygen atoms in total. The molecule has 1 saturated heterocycles. The highest BCUT2D eigenvalue weighted by Gasteiger charge is 2.40. The van der Waals surface area contributed by atoms with Crippen LogP contribution in [-0.2, 0) is 9.59 Å². The first-order valence-corrected chi connectivity index (χ1v) is 7.79. The molecule has 0 aliphatic carbocycles. The molecular formula is C18H17ClN2O2. The monoisotopic (exact) mass is 328 g/mol. The Hall–Kier alpha value is -2.33. The van der Waals surface area contributed by atoms with Crippen molar-refractivity contribution in [3.8, 4) is 0 Å².